The van der Waals surface area contributed by atoms with Gasteiger partial charge in [-0.2, -0.15) is 0 Å². The standard InChI is InChI=1S/C21H21N3O5S2/c1-13-7-8-17(31-13)21(27)22-10-20(26)29-11-14-12-30-19(23-14)9-18(25)24-15-5-3-4-6-16(15)28-2/h3-8,12H,9-11H2,1-2H3,(H,22,27)(H,24,25). The van der Waals surface area contributed by atoms with Crippen molar-refractivity contribution >= 4 is 46.1 Å². The molecule has 3 rings (SSSR count). The number of para-hydroxylation sites is 2. The first kappa shape index (κ1) is 22.4. The summed E-state index contributed by atoms with van der Waals surface area (Å²) in [6.45, 7) is 1.64. The van der Waals surface area contributed by atoms with Gasteiger partial charge in [0.2, 0.25) is 5.91 Å². The van der Waals surface area contributed by atoms with Gasteiger partial charge in [-0.05, 0) is 31.2 Å². The van der Waals surface area contributed by atoms with E-state index < -0.39 is 5.97 Å². The van der Waals surface area contributed by atoms with Crippen molar-refractivity contribution in [2.75, 3.05) is 19.0 Å². The Morgan fingerprint density at radius 2 is 1.94 bits per heavy atom. The normalized spacial score (nSPS) is 10.4. The zero-order chi connectivity index (χ0) is 22.2. The summed E-state index contributed by atoms with van der Waals surface area (Å²) in [5.41, 5.74) is 1.12. The number of aryl methyl sites for hydroxylation is 1. The highest BCUT2D eigenvalue weighted by Gasteiger charge is 2.13. The molecule has 0 aliphatic carbocycles. The molecule has 0 radical (unpaired) electrons. The van der Waals surface area contributed by atoms with E-state index in [2.05, 4.69) is 15.6 Å². The van der Waals surface area contributed by atoms with Gasteiger partial charge in [-0.15, -0.1) is 22.7 Å². The second kappa shape index (κ2) is 10.7. The van der Waals surface area contributed by atoms with Crippen LogP contribution in [-0.4, -0.2) is 36.4 Å². The fraction of sp³-hybridized carbons (Fsp3) is 0.238. The van der Waals surface area contributed by atoms with E-state index in [1.165, 1.54) is 29.8 Å². The third-order valence-electron chi connectivity index (χ3n) is 4.03. The van der Waals surface area contributed by atoms with Gasteiger partial charge in [0.1, 0.15) is 23.9 Å². The Bertz CT molecular complexity index is 1080. The number of hydrogen-bond donors (Lipinski definition) is 2. The molecule has 2 amide bonds. The maximum atomic E-state index is 12.3. The van der Waals surface area contributed by atoms with E-state index >= 15 is 0 Å². The second-order valence-electron chi connectivity index (χ2n) is 6.41. The summed E-state index contributed by atoms with van der Waals surface area (Å²) in [4.78, 5) is 42.0. The van der Waals surface area contributed by atoms with Crippen molar-refractivity contribution in [1.82, 2.24) is 10.3 Å². The largest absolute Gasteiger partial charge is 0.495 e. The number of benzene rings is 1. The molecule has 0 saturated heterocycles. The molecule has 0 bridgehead atoms. The average Bonchev–Trinajstić information content (AvgIpc) is 3.39. The molecule has 10 heteroatoms. The Labute approximate surface area is 187 Å². The Morgan fingerprint density at radius 3 is 2.68 bits per heavy atom. The van der Waals surface area contributed by atoms with Crippen LogP contribution in [0.5, 0.6) is 5.75 Å². The van der Waals surface area contributed by atoms with Gasteiger partial charge in [-0.25, -0.2) is 4.98 Å². The molecule has 2 aromatic heterocycles. The van der Waals surface area contributed by atoms with Gasteiger partial charge in [0.05, 0.1) is 29.8 Å². The first-order valence-electron chi connectivity index (χ1n) is 9.31. The van der Waals surface area contributed by atoms with E-state index in [0.29, 0.717) is 27.0 Å². The number of anilines is 1. The maximum Gasteiger partial charge on any atom is 0.325 e. The molecule has 8 nitrogen and oxygen atoms in total. The summed E-state index contributed by atoms with van der Waals surface area (Å²) >= 11 is 2.66. The lowest BCUT2D eigenvalue weighted by Crippen LogP contribution is -2.30. The van der Waals surface area contributed by atoms with E-state index in [-0.39, 0.29) is 31.4 Å². The third-order valence-corrected chi connectivity index (χ3v) is 5.93. The highest BCUT2D eigenvalue weighted by atomic mass is 32.1. The van der Waals surface area contributed by atoms with Crippen LogP contribution < -0.4 is 15.4 Å². The molecule has 0 saturated carbocycles. The van der Waals surface area contributed by atoms with Crippen molar-refractivity contribution in [3.8, 4) is 5.75 Å². The van der Waals surface area contributed by atoms with E-state index in [4.69, 9.17) is 9.47 Å². The molecule has 0 aliphatic heterocycles. The molecule has 2 N–H and O–H groups in total. The van der Waals surface area contributed by atoms with Crippen LogP contribution in [0.3, 0.4) is 0 Å². The number of aromatic nitrogens is 1. The van der Waals surface area contributed by atoms with Gasteiger partial charge in [0, 0.05) is 10.3 Å². The number of hydrogen-bond acceptors (Lipinski definition) is 8. The van der Waals surface area contributed by atoms with Crippen molar-refractivity contribution in [3.63, 3.8) is 0 Å². The number of rotatable bonds is 9. The number of nitrogens with zero attached hydrogens (tertiary/aromatic N) is 1. The molecule has 0 aliphatic rings. The van der Waals surface area contributed by atoms with Crippen LogP contribution in [0.25, 0.3) is 0 Å². The van der Waals surface area contributed by atoms with Crippen molar-refractivity contribution in [1.29, 1.82) is 0 Å². The van der Waals surface area contributed by atoms with Crippen LogP contribution in [0.2, 0.25) is 0 Å². The van der Waals surface area contributed by atoms with E-state index in [9.17, 15) is 14.4 Å². The first-order valence-corrected chi connectivity index (χ1v) is 11.0. The van der Waals surface area contributed by atoms with Crippen LogP contribution in [-0.2, 0) is 27.4 Å². The summed E-state index contributed by atoms with van der Waals surface area (Å²) in [6.07, 6.45) is 0.0902. The Morgan fingerprint density at radius 1 is 1.13 bits per heavy atom. The summed E-state index contributed by atoms with van der Waals surface area (Å²) in [7, 11) is 1.54. The number of amides is 2. The van der Waals surface area contributed by atoms with E-state index in [1.807, 2.05) is 19.1 Å². The van der Waals surface area contributed by atoms with Gasteiger partial charge >= 0.3 is 5.97 Å². The predicted molar refractivity (Wildman–Crippen MR) is 119 cm³/mol. The first-order chi connectivity index (χ1) is 14.9. The third kappa shape index (κ3) is 6.63. The van der Waals surface area contributed by atoms with Crippen LogP contribution in [0, 0.1) is 6.92 Å². The molecule has 1 aromatic carbocycles. The fourth-order valence-electron chi connectivity index (χ4n) is 2.58. The number of thiophene rings is 1. The Kier molecular flexibility index (Phi) is 7.74. The van der Waals surface area contributed by atoms with E-state index in [1.54, 1.807) is 29.6 Å². The molecule has 31 heavy (non-hydrogen) atoms. The van der Waals surface area contributed by atoms with Crippen LogP contribution in [0.4, 0.5) is 5.69 Å². The molecule has 0 fully saturated rings. The minimum atomic E-state index is -0.565. The minimum Gasteiger partial charge on any atom is -0.495 e. The highest BCUT2D eigenvalue weighted by molar-refractivity contribution is 7.13. The lowest BCUT2D eigenvalue weighted by molar-refractivity contribution is -0.143. The molecular weight excluding hydrogens is 438 g/mol. The predicted octanol–water partition coefficient (Wildman–Crippen LogP) is 3.18. The lowest BCUT2D eigenvalue weighted by atomic mass is 10.3. The Balaban J connectivity index is 1.42. The van der Waals surface area contributed by atoms with Gasteiger partial charge < -0.3 is 20.1 Å². The summed E-state index contributed by atoms with van der Waals surface area (Å²) in [5.74, 6) is -0.532. The summed E-state index contributed by atoms with van der Waals surface area (Å²) in [5, 5.41) is 7.64. The molecule has 0 atom stereocenters. The van der Waals surface area contributed by atoms with Gasteiger partial charge in [-0.3, -0.25) is 14.4 Å². The molecule has 0 spiro atoms. The lowest BCUT2D eigenvalue weighted by Gasteiger charge is -2.08. The number of ether oxygens (including phenoxy) is 2. The van der Waals surface area contributed by atoms with Crippen molar-refractivity contribution in [3.05, 3.63) is 62.2 Å². The number of esters is 1. The van der Waals surface area contributed by atoms with Gasteiger partial charge in [0.15, 0.2) is 0 Å². The molecular formula is C21H21N3O5S2. The molecule has 162 valence electrons. The van der Waals surface area contributed by atoms with Crippen LogP contribution in [0.1, 0.15) is 25.3 Å². The number of carbonyl (C=O) groups is 3. The van der Waals surface area contributed by atoms with Gasteiger partial charge in [0.25, 0.3) is 5.91 Å². The van der Waals surface area contributed by atoms with Crippen molar-refractivity contribution in [2.24, 2.45) is 0 Å². The number of nitrogens with one attached hydrogen (secondary N) is 2. The van der Waals surface area contributed by atoms with Crippen molar-refractivity contribution < 1.29 is 23.9 Å². The highest BCUT2D eigenvalue weighted by Crippen LogP contribution is 2.23. The smallest absolute Gasteiger partial charge is 0.325 e. The fourth-order valence-corrected chi connectivity index (χ4v) is 4.14. The SMILES string of the molecule is COc1ccccc1NC(=O)Cc1nc(COC(=O)CNC(=O)c2ccc(C)s2)cs1. The average molecular weight is 460 g/mol. The van der Waals surface area contributed by atoms with Crippen LogP contribution >= 0.6 is 22.7 Å². The zero-order valence-corrected chi connectivity index (χ0v) is 18.6. The number of thiazole rings is 1. The quantitative estimate of drug-likeness (QED) is 0.476. The second-order valence-corrected chi connectivity index (χ2v) is 8.64. The summed E-state index contributed by atoms with van der Waals surface area (Å²) < 4.78 is 10.4. The van der Waals surface area contributed by atoms with Crippen molar-refractivity contribution in [2.45, 2.75) is 20.0 Å². The monoisotopic (exact) mass is 459 g/mol. The maximum absolute atomic E-state index is 12.3. The number of carbonyl (C=O) groups excluding carboxylic acids is 3. The molecule has 3 aromatic rings. The van der Waals surface area contributed by atoms with E-state index in [0.717, 1.165) is 4.88 Å². The number of methoxy groups -OCH3 is 1. The van der Waals surface area contributed by atoms with Crippen LogP contribution in [0.15, 0.2) is 41.8 Å². The van der Waals surface area contributed by atoms with Gasteiger partial charge in [-0.1, -0.05) is 12.1 Å². The Hall–Kier alpha value is -3.24. The zero-order valence-electron chi connectivity index (χ0n) is 17.0. The minimum absolute atomic E-state index is 0.0303. The summed E-state index contributed by atoms with van der Waals surface area (Å²) in [6, 6.07) is 10.7. The topological polar surface area (TPSA) is 107 Å². The molecule has 0 unspecified atom stereocenters. The molecule has 2 heterocycles.